The summed E-state index contributed by atoms with van der Waals surface area (Å²) in [6.45, 7) is 6.95. The molecule has 0 saturated carbocycles. The van der Waals surface area contributed by atoms with Crippen LogP contribution in [0.3, 0.4) is 0 Å². The molecule has 122 valence electrons. The van der Waals surface area contributed by atoms with E-state index < -0.39 is 0 Å². The van der Waals surface area contributed by atoms with Crippen LogP contribution in [0.5, 0.6) is 0 Å². The van der Waals surface area contributed by atoms with Gasteiger partial charge >= 0.3 is 0 Å². The Morgan fingerprint density at radius 2 is 1.87 bits per heavy atom. The predicted molar refractivity (Wildman–Crippen MR) is 89.9 cm³/mol. The zero-order chi connectivity index (χ0) is 16.1. The van der Waals surface area contributed by atoms with E-state index in [0.29, 0.717) is 0 Å². The molecule has 23 heavy (non-hydrogen) atoms. The lowest BCUT2D eigenvalue weighted by Gasteiger charge is -2.23. The highest BCUT2D eigenvalue weighted by Gasteiger charge is 2.16. The van der Waals surface area contributed by atoms with Crippen LogP contribution < -0.4 is 4.90 Å². The van der Waals surface area contributed by atoms with Crippen LogP contribution in [-0.4, -0.2) is 41.0 Å². The average molecular weight is 314 g/mol. The molecule has 0 aliphatic carbocycles. The Balaban J connectivity index is 1.60. The summed E-state index contributed by atoms with van der Waals surface area (Å²) >= 11 is 0. The minimum atomic E-state index is -0.180. The lowest BCUT2D eigenvalue weighted by molar-refractivity contribution is 0.281. The highest BCUT2D eigenvalue weighted by Crippen LogP contribution is 2.17. The number of hydrogen-bond donors (Lipinski definition) is 0. The number of aryl methyl sites for hydroxylation is 1. The Morgan fingerprint density at radius 3 is 2.65 bits per heavy atom. The molecule has 3 rings (SSSR count). The summed E-state index contributed by atoms with van der Waals surface area (Å²) in [6, 6.07) is 8.80. The first-order valence-corrected chi connectivity index (χ1v) is 8.28. The molecule has 2 heterocycles. The van der Waals surface area contributed by atoms with Gasteiger partial charge in [0.25, 0.3) is 0 Å². The average Bonchev–Trinajstić information content (AvgIpc) is 2.81. The number of halogens is 1. The highest BCUT2D eigenvalue weighted by atomic mass is 19.1. The fraction of sp³-hybridized carbons (Fsp3) is 0.444. The SMILES string of the molecule is CCc1nccc(CN2CCCN(c3ccc(F)cc3)CC2)n1. The molecule has 0 amide bonds. The number of hydrogen-bond acceptors (Lipinski definition) is 4. The fourth-order valence-corrected chi connectivity index (χ4v) is 2.97. The highest BCUT2D eigenvalue weighted by molar-refractivity contribution is 5.46. The van der Waals surface area contributed by atoms with Crippen LogP contribution >= 0.6 is 0 Å². The fourth-order valence-electron chi connectivity index (χ4n) is 2.97. The van der Waals surface area contributed by atoms with Gasteiger partial charge in [-0.05, 0) is 36.8 Å². The van der Waals surface area contributed by atoms with E-state index in [-0.39, 0.29) is 5.82 Å². The molecular formula is C18H23FN4. The summed E-state index contributed by atoms with van der Waals surface area (Å²) in [5, 5.41) is 0. The number of benzene rings is 1. The summed E-state index contributed by atoms with van der Waals surface area (Å²) in [5.41, 5.74) is 2.19. The zero-order valence-electron chi connectivity index (χ0n) is 13.6. The van der Waals surface area contributed by atoms with Crippen LogP contribution in [0.4, 0.5) is 10.1 Å². The molecule has 1 aromatic carbocycles. The number of nitrogens with zero attached hydrogens (tertiary/aromatic N) is 4. The van der Waals surface area contributed by atoms with Gasteiger partial charge in [-0.25, -0.2) is 14.4 Å². The number of anilines is 1. The monoisotopic (exact) mass is 314 g/mol. The molecule has 0 radical (unpaired) electrons. The van der Waals surface area contributed by atoms with E-state index in [1.54, 1.807) is 0 Å². The standard InChI is InChI=1S/C18H23FN4/c1-2-18-20-9-8-16(21-18)14-22-10-3-11-23(13-12-22)17-6-4-15(19)5-7-17/h4-9H,2-3,10-14H2,1H3. The molecule has 5 heteroatoms. The van der Waals surface area contributed by atoms with Gasteiger partial charge in [-0.2, -0.15) is 0 Å². The van der Waals surface area contributed by atoms with Crippen LogP contribution in [0.15, 0.2) is 36.5 Å². The predicted octanol–water partition coefficient (Wildman–Crippen LogP) is 2.89. The molecule has 0 N–H and O–H groups in total. The quantitative estimate of drug-likeness (QED) is 0.868. The maximum atomic E-state index is 13.1. The van der Waals surface area contributed by atoms with Crippen molar-refractivity contribution >= 4 is 5.69 Å². The normalized spacial score (nSPS) is 16.3. The molecule has 0 spiro atoms. The summed E-state index contributed by atoms with van der Waals surface area (Å²) in [4.78, 5) is 13.6. The van der Waals surface area contributed by atoms with Crippen molar-refractivity contribution in [3.8, 4) is 0 Å². The third-order valence-electron chi connectivity index (χ3n) is 4.25. The lowest BCUT2D eigenvalue weighted by Crippen LogP contribution is -2.30. The Bertz CT molecular complexity index is 629. The van der Waals surface area contributed by atoms with Crippen molar-refractivity contribution in [3.63, 3.8) is 0 Å². The van der Waals surface area contributed by atoms with Gasteiger partial charge in [-0.3, -0.25) is 4.90 Å². The molecule has 2 aromatic rings. The number of rotatable bonds is 4. The van der Waals surface area contributed by atoms with Crippen LogP contribution in [0.25, 0.3) is 0 Å². The topological polar surface area (TPSA) is 32.3 Å². The minimum Gasteiger partial charge on any atom is -0.370 e. The van der Waals surface area contributed by atoms with Crippen LogP contribution in [-0.2, 0) is 13.0 Å². The van der Waals surface area contributed by atoms with Gasteiger partial charge in [-0.15, -0.1) is 0 Å². The molecule has 1 fully saturated rings. The molecule has 4 nitrogen and oxygen atoms in total. The molecule has 0 atom stereocenters. The van der Waals surface area contributed by atoms with E-state index in [0.717, 1.165) is 62.8 Å². The van der Waals surface area contributed by atoms with E-state index in [2.05, 4.69) is 26.7 Å². The van der Waals surface area contributed by atoms with E-state index in [1.807, 2.05) is 24.4 Å². The largest absolute Gasteiger partial charge is 0.370 e. The second-order valence-corrected chi connectivity index (χ2v) is 5.91. The number of aromatic nitrogens is 2. The van der Waals surface area contributed by atoms with Crippen LogP contribution in [0, 0.1) is 5.82 Å². The van der Waals surface area contributed by atoms with Crippen LogP contribution in [0.2, 0.25) is 0 Å². The Kier molecular flexibility index (Phi) is 5.18. The molecule has 1 aromatic heterocycles. The molecular weight excluding hydrogens is 291 g/mol. The van der Waals surface area contributed by atoms with Gasteiger partial charge in [0.15, 0.2) is 0 Å². The first kappa shape index (κ1) is 15.9. The first-order chi connectivity index (χ1) is 11.2. The van der Waals surface area contributed by atoms with Crippen molar-refractivity contribution in [2.45, 2.75) is 26.3 Å². The van der Waals surface area contributed by atoms with Crippen LogP contribution in [0.1, 0.15) is 24.9 Å². The van der Waals surface area contributed by atoms with Gasteiger partial charge in [0.1, 0.15) is 11.6 Å². The van der Waals surface area contributed by atoms with Gasteiger partial charge < -0.3 is 4.90 Å². The van der Waals surface area contributed by atoms with E-state index in [1.165, 1.54) is 12.1 Å². The van der Waals surface area contributed by atoms with Crippen molar-refractivity contribution in [2.75, 3.05) is 31.1 Å². The summed E-state index contributed by atoms with van der Waals surface area (Å²) in [5.74, 6) is 0.728. The Morgan fingerprint density at radius 1 is 1.04 bits per heavy atom. The van der Waals surface area contributed by atoms with Gasteiger partial charge in [-0.1, -0.05) is 6.92 Å². The van der Waals surface area contributed by atoms with Gasteiger partial charge in [0.2, 0.25) is 0 Å². The van der Waals surface area contributed by atoms with Crippen molar-refractivity contribution in [2.24, 2.45) is 0 Å². The molecule has 1 saturated heterocycles. The maximum Gasteiger partial charge on any atom is 0.128 e. The Labute approximate surface area is 137 Å². The molecule has 1 aliphatic rings. The minimum absolute atomic E-state index is 0.180. The van der Waals surface area contributed by atoms with E-state index in [9.17, 15) is 4.39 Å². The molecule has 0 unspecified atom stereocenters. The van der Waals surface area contributed by atoms with Crippen molar-refractivity contribution in [3.05, 3.63) is 53.9 Å². The third kappa shape index (κ3) is 4.26. The first-order valence-electron chi connectivity index (χ1n) is 8.28. The van der Waals surface area contributed by atoms with Gasteiger partial charge in [0.05, 0.1) is 5.69 Å². The van der Waals surface area contributed by atoms with Crippen molar-refractivity contribution < 1.29 is 4.39 Å². The summed E-state index contributed by atoms with van der Waals surface area (Å²) in [7, 11) is 0. The maximum absolute atomic E-state index is 13.1. The molecule has 1 aliphatic heterocycles. The van der Waals surface area contributed by atoms with E-state index >= 15 is 0 Å². The van der Waals surface area contributed by atoms with Crippen molar-refractivity contribution in [1.82, 2.24) is 14.9 Å². The second-order valence-electron chi connectivity index (χ2n) is 5.91. The van der Waals surface area contributed by atoms with E-state index in [4.69, 9.17) is 0 Å². The second kappa shape index (κ2) is 7.51. The smallest absolute Gasteiger partial charge is 0.128 e. The summed E-state index contributed by atoms with van der Waals surface area (Å²) in [6.07, 6.45) is 3.82. The third-order valence-corrected chi connectivity index (χ3v) is 4.25. The molecule has 0 bridgehead atoms. The zero-order valence-corrected chi connectivity index (χ0v) is 13.6. The van der Waals surface area contributed by atoms with Gasteiger partial charge in [0, 0.05) is 51.0 Å². The Hall–Kier alpha value is -2.01. The lowest BCUT2D eigenvalue weighted by atomic mass is 10.2. The van der Waals surface area contributed by atoms with Crippen molar-refractivity contribution in [1.29, 1.82) is 0 Å². The summed E-state index contributed by atoms with van der Waals surface area (Å²) < 4.78 is 13.1.